The maximum Gasteiger partial charge on any atom is 0.228 e. The van der Waals surface area contributed by atoms with Crippen LogP contribution in [0.2, 0.25) is 0 Å². The monoisotopic (exact) mass is 277 g/mol. The molecule has 1 amide bonds. The predicted octanol–water partition coefficient (Wildman–Crippen LogP) is 2.04. The summed E-state index contributed by atoms with van der Waals surface area (Å²) in [5.41, 5.74) is 0. The third kappa shape index (κ3) is 3.76. The molecule has 88 valence electrons. The molecular formula is C11H20BrNO2. The summed E-state index contributed by atoms with van der Waals surface area (Å²) >= 11 is 3.38. The number of halogens is 1. The van der Waals surface area contributed by atoms with Crippen LogP contribution in [-0.4, -0.2) is 41.9 Å². The summed E-state index contributed by atoms with van der Waals surface area (Å²) < 4.78 is 5.43. The second-order valence-corrected chi connectivity index (χ2v) is 4.88. The lowest BCUT2D eigenvalue weighted by molar-refractivity contribution is -0.135. The first-order valence-electron chi connectivity index (χ1n) is 5.65. The lowest BCUT2D eigenvalue weighted by Crippen LogP contribution is -2.38. The normalized spacial score (nSPS) is 25.5. The number of hydrogen-bond donors (Lipinski definition) is 0. The van der Waals surface area contributed by atoms with Crippen molar-refractivity contribution >= 4 is 21.8 Å². The first-order valence-corrected chi connectivity index (χ1v) is 6.77. The molecule has 0 N–H and O–H groups in total. The lowest BCUT2D eigenvalue weighted by Gasteiger charge is -2.23. The van der Waals surface area contributed by atoms with E-state index in [9.17, 15) is 4.79 Å². The van der Waals surface area contributed by atoms with Gasteiger partial charge < -0.3 is 9.64 Å². The molecule has 1 aliphatic heterocycles. The summed E-state index contributed by atoms with van der Waals surface area (Å²) in [5, 5.41) is 0.849. The Kier molecular flexibility index (Phi) is 5.61. The van der Waals surface area contributed by atoms with Crippen LogP contribution < -0.4 is 0 Å². The van der Waals surface area contributed by atoms with Crippen LogP contribution in [0.3, 0.4) is 0 Å². The number of rotatable bonds is 5. The highest BCUT2D eigenvalue weighted by Gasteiger charge is 2.30. The SMILES string of the molecule is CCCN(CCBr)C(=O)C1COC(C)C1. The Morgan fingerprint density at radius 2 is 2.27 bits per heavy atom. The van der Waals surface area contributed by atoms with Crippen molar-refractivity contribution in [3.05, 3.63) is 0 Å². The molecule has 0 aliphatic carbocycles. The molecule has 0 spiro atoms. The van der Waals surface area contributed by atoms with Crippen molar-refractivity contribution in [2.75, 3.05) is 25.0 Å². The highest BCUT2D eigenvalue weighted by molar-refractivity contribution is 9.09. The summed E-state index contributed by atoms with van der Waals surface area (Å²) in [6.07, 6.45) is 2.13. The van der Waals surface area contributed by atoms with E-state index >= 15 is 0 Å². The number of alkyl halides is 1. The number of carbonyl (C=O) groups is 1. The van der Waals surface area contributed by atoms with Gasteiger partial charge in [-0.3, -0.25) is 4.79 Å². The molecule has 1 saturated heterocycles. The van der Waals surface area contributed by atoms with Gasteiger partial charge in [0.05, 0.1) is 18.6 Å². The van der Waals surface area contributed by atoms with Gasteiger partial charge in [0.1, 0.15) is 0 Å². The molecule has 1 rings (SSSR count). The molecule has 1 fully saturated rings. The fraction of sp³-hybridized carbons (Fsp3) is 0.909. The highest BCUT2D eigenvalue weighted by atomic mass is 79.9. The van der Waals surface area contributed by atoms with Crippen molar-refractivity contribution in [1.82, 2.24) is 4.90 Å². The van der Waals surface area contributed by atoms with E-state index in [0.717, 1.165) is 31.3 Å². The van der Waals surface area contributed by atoms with Crippen molar-refractivity contribution in [3.63, 3.8) is 0 Å². The Morgan fingerprint density at radius 3 is 2.73 bits per heavy atom. The van der Waals surface area contributed by atoms with Crippen LogP contribution in [0, 0.1) is 5.92 Å². The average Bonchev–Trinajstić information content (AvgIpc) is 2.63. The third-order valence-electron chi connectivity index (χ3n) is 2.71. The van der Waals surface area contributed by atoms with Gasteiger partial charge in [0.2, 0.25) is 5.91 Å². The molecule has 4 heteroatoms. The first-order chi connectivity index (χ1) is 7.19. The van der Waals surface area contributed by atoms with Gasteiger partial charge in [0.25, 0.3) is 0 Å². The summed E-state index contributed by atoms with van der Waals surface area (Å²) in [6, 6.07) is 0. The molecule has 15 heavy (non-hydrogen) atoms. The van der Waals surface area contributed by atoms with Crippen LogP contribution in [0.15, 0.2) is 0 Å². The molecule has 2 atom stereocenters. The molecule has 0 aromatic heterocycles. The zero-order chi connectivity index (χ0) is 11.3. The quantitative estimate of drug-likeness (QED) is 0.720. The van der Waals surface area contributed by atoms with Gasteiger partial charge in [0.15, 0.2) is 0 Å². The third-order valence-corrected chi connectivity index (χ3v) is 3.06. The van der Waals surface area contributed by atoms with E-state index in [-0.39, 0.29) is 17.9 Å². The highest BCUT2D eigenvalue weighted by Crippen LogP contribution is 2.21. The largest absolute Gasteiger partial charge is 0.378 e. The Bertz CT molecular complexity index is 205. The van der Waals surface area contributed by atoms with Crippen LogP contribution in [0.4, 0.5) is 0 Å². The Labute approximate surface area is 100 Å². The van der Waals surface area contributed by atoms with Crippen molar-refractivity contribution < 1.29 is 9.53 Å². The number of carbonyl (C=O) groups excluding carboxylic acids is 1. The molecule has 0 aromatic carbocycles. The number of amides is 1. The number of nitrogens with zero attached hydrogens (tertiary/aromatic N) is 1. The van der Waals surface area contributed by atoms with Crippen LogP contribution in [0.25, 0.3) is 0 Å². The molecule has 0 saturated carbocycles. The van der Waals surface area contributed by atoms with E-state index in [0.29, 0.717) is 6.61 Å². The molecule has 0 radical (unpaired) electrons. The minimum Gasteiger partial charge on any atom is -0.378 e. The van der Waals surface area contributed by atoms with Gasteiger partial charge >= 0.3 is 0 Å². The van der Waals surface area contributed by atoms with Gasteiger partial charge in [0, 0.05) is 18.4 Å². The number of ether oxygens (including phenoxy) is 1. The van der Waals surface area contributed by atoms with Crippen molar-refractivity contribution in [2.24, 2.45) is 5.92 Å². The second-order valence-electron chi connectivity index (χ2n) is 4.09. The minimum atomic E-state index is 0.0885. The van der Waals surface area contributed by atoms with Crippen molar-refractivity contribution in [3.8, 4) is 0 Å². The maximum atomic E-state index is 12.1. The summed E-state index contributed by atoms with van der Waals surface area (Å²) in [7, 11) is 0. The Morgan fingerprint density at radius 1 is 1.53 bits per heavy atom. The maximum absolute atomic E-state index is 12.1. The zero-order valence-electron chi connectivity index (χ0n) is 9.54. The van der Waals surface area contributed by atoms with E-state index in [4.69, 9.17) is 4.74 Å². The van der Waals surface area contributed by atoms with Crippen LogP contribution >= 0.6 is 15.9 Å². The summed E-state index contributed by atoms with van der Waals surface area (Å²) in [6.45, 7) is 6.39. The van der Waals surface area contributed by atoms with Gasteiger partial charge in [-0.2, -0.15) is 0 Å². The topological polar surface area (TPSA) is 29.5 Å². The van der Waals surface area contributed by atoms with Crippen LogP contribution in [-0.2, 0) is 9.53 Å². The first kappa shape index (κ1) is 13.0. The fourth-order valence-electron chi connectivity index (χ4n) is 1.95. The molecule has 0 aromatic rings. The predicted molar refractivity (Wildman–Crippen MR) is 64.2 cm³/mol. The standard InChI is InChI=1S/C11H20BrNO2/c1-3-5-13(6-4-12)11(14)10-7-9(2)15-8-10/h9-10H,3-8H2,1-2H3. The zero-order valence-corrected chi connectivity index (χ0v) is 11.1. The van der Waals surface area contributed by atoms with E-state index in [1.54, 1.807) is 0 Å². The summed E-state index contributed by atoms with van der Waals surface area (Å²) in [5.74, 6) is 0.353. The van der Waals surface area contributed by atoms with E-state index < -0.39 is 0 Å². The molecule has 3 nitrogen and oxygen atoms in total. The molecule has 0 bridgehead atoms. The number of hydrogen-bond acceptors (Lipinski definition) is 2. The van der Waals surface area contributed by atoms with Gasteiger partial charge in [-0.25, -0.2) is 0 Å². The average molecular weight is 278 g/mol. The van der Waals surface area contributed by atoms with Crippen LogP contribution in [0.5, 0.6) is 0 Å². The lowest BCUT2D eigenvalue weighted by atomic mass is 10.0. The van der Waals surface area contributed by atoms with Crippen molar-refractivity contribution in [2.45, 2.75) is 32.8 Å². The summed E-state index contributed by atoms with van der Waals surface area (Å²) in [4.78, 5) is 14.0. The minimum absolute atomic E-state index is 0.0885. The van der Waals surface area contributed by atoms with E-state index in [2.05, 4.69) is 22.9 Å². The second kappa shape index (κ2) is 6.48. The molecule has 1 aliphatic rings. The Hall–Kier alpha value is -0.0900. The fourth-order valence-corrected chi connectivity index (χ4v) is 2.38. The Balaban J connectivity index is 2.47. The molecule has 1 heterocycles. The van der Waals surface area contributed by atoms with Crippen molar-refractivity contribution in [1.29, 1.82) is 0 Å². The van der Waals surface area contributed by atoms with E-state index in [1.165, 1.54) is 0 Å². The molecular weight excluding hydrogens is 258 g/mol. The smallest absolute Gasteiger partial charge is 0.228 e. The van der Waals surface area contributed by atoms with E-state index in [1.807, 2.05) is 11.8 Å². The molecule has 2 unspecified atom stereocenters. The van der Waals surface area contributed by atoms with Gasteiger partial charge in [-0.05, 0) is 19.8 Å². The van der Waals surface area contributed by atoms with Gasteiger partial charge in [-0.15, -0.1) is 0 Å². The van der Waals surface area contributed by atoms with Gasteiger partial charge in [-0.1, -0.05) is 22.9 Å². The van der Waals surface area contributed by atoms with Crippen LogP contribution in [0.1, 0.15) is 26.7 Å².